The van der Waals surface area contributed by atoms with Gasteiger partial charge in [0.25, 0.3) is 11.6 Å². The van der Waals surface area contributed by atoms with Crippen LogP contribution in [-0.2, 0) is 9.67 Å². The minimum Gasteiger partial charge on any atom is -0.497 e. The van der Waals surface area contributed by atoms with Gasteiger partial charge in [-0.15, -0.1) is 0 Å². The van der Waals surface area contributed by atoms with Crippen molar-refractivity contribution in [3.05, 3.63) is 63.7 Å². The zero-order valence-electron chi connectivity index (χ0n) is 13.0. The number of ether oxygens (including phenoxy) is 1. The maximum atomic E-state index is 12.6. The lowest BCUT2D eigenvalue weighted by atomic mass is 10.1. The maximum Gasteiger partial charge on any atom is 0.269 e. The van der Waals surface area contributed by atoms with Gasteiger partial charge in [-0.05, 0) is 30.3 Å². The summed E-state index contributed by atoms with van der Waals surface area (Å²) in [6.45, 7) is 0. The Morgan fingerprint density at radius 3 is 2.68 bits per heavy atom. The molecular formula is C16H12N4O4S. The Morgan fingerprint density at radius 2 is 2.00 bits per heavy atom. The first-order valence-corrected chi connectivity index (χ1v) is 8.14. The van der Waals surface area contributed by atoms with Gasteiger partial charge in [0.05, 0.1) is 12.0 Å². The van der Waals surface area contributed by atoms with Gasteiger partial charge in [-0.1, -0.05) is 11.8 Å². The molecule has 25 heavy (non-hydrogen) atoms. The van der Waals surface area contributed by atoms with Crippen LogP contribution >= 0.6 is 11.8 Å². The van der Waals surface area contributed by atoms with Crippen LogP contribution in [0.25, 0.3) is 0 Å². The van der Waals surface area contributed by atoms with E-state index in [0.717, 1.165) is 11.3 Å². The van der Waals surface area contributed by atoms with Crippen LogP contribution in [0.5, 0.6) is 5.75 Å². The molecule has 0 fully saturated rings. The highest BCUT2D eigenvalue weighted by Gasteiger charge is 2.52. The van der Waals surface area contributed by atoms with Gasteiger partial charge in [0.15, 0.2) is 0 Å². The third-order valence-corrected chi connectivity index (χ3v) is 5.39. The van der Waals surface area contributed by atoms with Gasteiger partial charge in [-0.2, -0.15) is 5.10 Å². The minimum atomic E-state index is -1.20. The lowest BCUT2D eigenvalue weighted by Crippen LogP contribution is -2.39. The second kappa shape index (κ2) is 5.49. The Morgan fingerprint density at radius 1 is 1.24 bits per heavy atom. The fraction of sp³-hybridized carbons (Fsp3) is 0.125. The van der Waals surface area contributed by atoms with Gasteiger partial charge < -0.3 is 10.1 Å². The van der Waals surface area contributed by atoms with E-state index >= 15 is 0 Å². The molecule has 2 aliphatic rings. The summed E-state index contributed by atoms with van der Waals surface area (Å²) >= 11 is 1.22. The average molecular weight is 356 g/mol. The van der Waals surface area contributed by atoms with Crippen LogP contribution in [0.3, 0.4) is 0 Å². The van der Waals surface area contributed by atoms with Crippen LogP contribution in [0, 0.1) is 10.1 Å². The number of benzene rings is 2. The number of amides is 1. The highest BCUT2D eigenvalue weighted by molar-refractivity contribution is 8.16. The molecule has 0 saturated heterocycles. The number of hydrazone groups is 1. The van der Waals surface area contributed by atoms with Crippen LogP contribution in [0.4, 0.5) is 11.4 Å². The van der Waals surface area contributed by atoms with Gasteiger partial charge in [-0.3, -0.25) is 20.3 Å². The second-order valence-electron chi connectivity index (χ2n) is 5.48. The molecule has 8 nitrogen and oxygen atoms in total. The molecule has 0 saturated carbocycles. The lowest BCUT2D eigenvalue weighted by molar-refractivity contribution is -0.384. The summed E-state index contributed by atoms with van der Waals surface area (Å²) in [5.74, 6) is 0.412. The number of methoxy groups -OCH3 is 1. The van der Waals surface area contributed by atoms with Crippen LogP contribution in [0.15, 0.2) is 47.6 Å². The number of hydrogen-bond acceptors (Lipinski definition) is 7. The number of anilines is 1. The SMILES string of the molecule is COc1ccc(C2=NNC3(S2)C(=O)Nc2ccc([N+](=O)[O-])cc23)cc1. The van der Waals surface area contributed by atoms with Gasteiger partial charge in [0.2, 0.25) is 4.87 Å². The predicted molar refractivity (Wildman–Crippen MR) is 93.7 cm³/mol. The first-order chi connectivity index (χ1) is 12.0. The molecule has 0 bridgehead atoms. The monoisotopic (exact) mass is 356 g/mol. The van der Waals surface area contributed by atoms with Crippen molar-refractivity contribution < 1.29 is 14.5 Å². The Balaban J connectivity index is 1.70. The number of rotatable bonds is 3. The molecule has 2 heterocycles. The van der Waals surface area contributed by atoms with Crippen molar-refractivity contribution in [3.8, 4) is 5.75 Å². The summed E-state index contributed by atoms with van der Waals surface area (Å²) < 4.78 is 5.13. The summed E-state index contributed by atoms with van der Waals surface area (Å²) in [5, 5.41) is 18.7. The first kappa shape index (κ1) is 15.5. The number of carbonyl (C=O) groups excluding carboxylic acids is 1. The second-order valence-corrected chi connectivity index (χ2v) is 6.68. The first-order valence-electron chi connectivity index (χ1n) is 7.32. The molecule has 1 unspecified atom stereocenters. The molecule has 0 aliphatic carbocycles. The van der Waals surface area contributed by atoms with E-state index in [9.17, 15) is 14.9 Å². The molecule has 2 N–H and O–H groups in total. The Kier molecular flexibility index (Phi) is 3.39. The number of non-ortho nitro benzene ring substituents is 1. The summed E-state index contributed by atoms with van der Waals surface area (Å²) in [6, 6.07) is 11.6. The van der Waals surface area contributed by atoms with Crippen molar-refractivity contribution >= 4 is 34.1 Å². The standard InChI is InChI=1S/C16H12N4O4S/c1-24-11-5-2-9(3-6-11)14-18-19-16(25-14)12-8-10(20(22)23)4-7-13(12)17-15(16)21/h2-8,19H,1H3,(H,17,21). The molecule has 2 aromatic rings. The number of nitro groups is 1. The number of carbonyl (C=O) groups is 1. The van der Waals surface area contributed by atoms with Crippen LogP contribution in [0.2, 0.25) is 0 Å². The molecule has 0 radical (unpaired) electrons. The molecule has 0 aromatic heterocycles. The molecule has 2 aromatic carbocycles. The van der Waals surface area contributed by atoms with E-state index in [0.29, 0.717) is 16.3 Å². The minimum absolute atomic E-state index is 0.0741. The smallest absolute Gasteiger partial charge is 0.269 e. The fourth-order valence-corrected chi connectivity index (χ4v) is 3.92. The van der Waals surface area contributed by atoms with Gasteiger partial charge in [-0.25, -0.2) is 0 Å². The number of nitrogens with zero attached hydrogens (tertiary/aromatic N) is 2. The maximum absolute atomic E-state index is 12.6. The van der Waals surface area contributed by atoms with E-state index in [1.54, 1.807) is 19.2 Å². The van der Waals surface area contributed by atoms with Crippen LogP contribution < -0.4 is 15.5 Å². The van der Waals surface area contributed by atoms with Gasteiger partial charge in [0.1, 0.15) is 10.8 Å². The van der Waals surface area contributed by atoms with E-state index in [2.05, 4.69) is 15.8 Å². The Labute approximate surface area is 146 Å². The van der Waals surface area contributed by atoms with Crippen molar-refractivity contribution in [2.45, 2.75) is 4.87 Å². The predicted octanol–water partition coefficient (Wildman–Crippen LogP) is 2.41. The molecule has 1 spiro atoms. The average Bonchev–Trinajstić information content (AvgIpc) is 3.18. The zero-order valence-corrected chi connectivity index (χ0v) is 13.8. The highest BCUT2D eigenvalue weighted by atomic mass is 32.2. The molecule has 9 heteroatoms. The van der Waals surface area contributed by atoms with Crippen LogP contribution in [0.1, 0.15) is 11.1 Å². The molecule has 4 rings (SSSR count). The van der Waals surface area contributed by atoms with Crippen LogP contribution in [-0.4, -0.2) is 23.0 Å². The topological polar surface area (TPSA) is 106 Å². The van der Waals surface area contributed by atoms with E-state index in [1.807, 2.05) is 12.1 Å². The molecule has 2 aliphatic heterocycles. The van der Waals surface area contributed by atoms with E-state index in [4.69, 9.17) is 4.74 Å². The van der Waals surface area contributed by atoms with E-state index in [1.165, 1.54) is 30.0 Å². The van der Waals surface area contributed by atoms with Crippen molar-refractivity contribution in [2.24, 2.45) is 5.10 Å². The largest absolute Gasteiger partial charge is 0.497 e. The highest BCUT2D eigenvalue weighted by Crippen LogP contribution is 2.49. The van der Waals surface area contributed by atoms with E-state index < -0.39 is 9.79 Å². The van der Waals surface area contributed by atoms with Crippen molar-refractivity contribution in [2.75, 3.05) is 12.4 Å². The van der Waals surface area contributed by atoms with Crippen molar-refractivity contribution in [1.82, 2.24) is 5.43 Å². The normalized spacial score (nSPS) is 20.7. The molecule has 126 valence electrons. The summed E-state index contributed by atoms with van der Waals surface area (Å²) in [5.41, 5.74) is 4.66. The third-order valence-electron chi connectivity index (χ3n) is 4.06. The third kappa shape index (κ3) is 2.31. The van der Waals surface area contributed by atoms with Gasteiger partial charge >= 0.3 is 0 Å². The number of nitro benzene ring substituents is 1. The Bertz CT molecular complexity index is 928. The Hall–Kier alpha value is -3.07. The van der Waals surface area contributed by atoms with E-state index in [-0.39, 0.29) is 11.6 Å². The molecular weight excluding hydrogens is 344 g/mol. The van der Waals surface area contributed by atoms with Gasteiger partial charge in [0, 0.05) is 28.9 Å². The quantitative estimate of drug-likeness (QED) is 0.646. The summed E-state index contributed by atoms with van der Waals surface area (Å²) in [6.07, 6.45) is 0. The van der Waals surface area contributed by atoms with Crippen molar-refractivity contribution in [1.29, 1.82) is 0 Å². The lowest BCUT2D eigenvalue weighted by Gasteiger charge is -2.19. The molecule has 1 amide bonds. The number of fused-ring (bicyclic) bond motifs is 2. The number of thioether (sulfide) groups is 1. The number of hydrogen-bond donors (Lipinski definition) is 2. The fourth-order valence-electron chi connectivity index (χ4n) is 2.77. The molecule has 1 atom stereocenters. The number of nitrogens with one attached hydrogen (secondary N) is 2. The summed E-state index contributed by atoms with van der Waals surface area (Å²) in [4.78, 5) is 21.9. The zero-order chi connectivity index (χ0) is 17.6. The summed E-state index contributed by atoms with van der Waals surface area (Å²) in [7, 11) is 1.58. The van der Waals surface area contributed by atoms with Crippen molar-refractivity contribution in [3.63, 3.8) is 0 Å².